The van der Waals surface area contributed by atoms with Crippen LogP contribution in [0.3, 0.4) is 0 Å². The second-order valence-corrected chi connectivity index (χ2v) is 4.53. The van der Waals surface area contributed by atoms with Crippen LogP contribution in [0.1, 0.15) is 21.7 Å². The number of nitrogens with zero attached hydrogens (tertiary/aromatic N) is 2. The zero-order chi connectivity index (χ0) is 17.0. The van der Waals surface area contributed by atoms with Crippen LogP contribution in [0.5, 0.6) is 0 Å². The first-order valence-corrected chi connectivity index (χ1v) is 6.32. The fourth-order valence-electron chi connectivity index (χ4n) is 1.94. The Bertz CT molecular complexity index is 730. The molecule has 1 aromatic carbocycles. The number of carbonyl (C=O) groups excluding carboxylic acids is 2. The van der Waals surface area contributed by atoms with Crippen LogP contribution in [-0.2, 0) is 17.5 Å². The van der Waals surface area contributed by atoms with Crippen molar-refractivity contribution in [3.05, 3.63) is 47.5 Å². The van der Waals surface area contributed by atoms with Crippen molar-refractivity contribution in [2.75, 3.05) is 0 Å². The van der Waals surface area contributed by atoms with Gasteiger partial charge in [0.1, 0.15) is 0 Å². The maximum absolute atomic E-state index is 12.4. The van der Waals surface area contributed by atoms with Crippen LogP contribution >= 0.6 is 0 Å². The Kier molecular flexibility index (Phi) is 4.58. The quantitative estimate of drug-likeness (QED) is 0.815. The first-order valence-electron chi connectivity index (χ1n) is 6.32. The number of amides is 2. The van der Waals surface area contributed by atoms with Gasteiger partial charge in [0.2, 0.25) is 18.1 Å². The Morgan fingerprint density at radius 1 is 1.22 bits per heavy atom. The summed E-state index contributed by atoms with van der Waals surface area (Å²) in [5, 5.41) is 2.40. The van der Waals surface area contributed by atoms with Crippen LogP contribution in [-0.4, -0.2) is 22.3 Å². The molecular formula is C14H11F3N4O2. The minimum Gasteiger partial charge on any atom is -0.366 e. The molecule has 1 heterocycles. The normalized spacial score (nSPS) is 11.1. The average Bonchev–Trinajstić information content (AvgIpc) is 2.51. The minimum absolute atomic E-state index is 0.0527. The topological polar surface area (TPSA) is 98.0 Å². The van der Waals surface area contributed by atoms with Crippen LogP contribution in [0.15, 0.2) is 30.6 Å². The second-order valence-electron chi connectivity index (χ2n) is 4.53. The molecule has 3 N–H and O–H groups in total. The molecule has 0 aliphatic carbocycles. The first kappa shape index (κ1) is 16.4. The van der Waals surface area contributed by atoms with Crippen LogP contribution in [0.4, 0.5) is 13.2 Å². The SMILES string of the molecule is NC(=O)c1ccc(-c2cnc(C(F)(F)F)nc2)cc1CNC=O. The lowest BCUT2D eigenvalue weighted by Gasteiger charge is -2.10. The van der Waals surface area contributed by atoms with Crippen molar-refractivity contribution in [3.8, 4) is 11.1 Å². The molecule has 23 heavy (non-hydrogen) atoms. The van der Waals surface area contributed by atoms with Crippen LogP contribution in [0.25, 0.3) is 11.1 Å². The Morgan fingerprint density at radius 2 is 1.87 bits per heavy atom. The summed E-state index contributed by atoms with van der Waals surface area (Å²) in [7, 11) is 0. The van der Waals surface area contributed by atoms with Gasteiger partial charge in [-0.2, -0.15) is 13.2 Å². The van der Waals surface area contributed by atoms with E-state index in [0.717, 1.165) is 12.4 Å². The molecule has 0 atom stereocenters. The molecule has 2 aromatic rings. The van der Waals surface area contributed by atoms with Gasteiger partial charge < -0.3 is 11.1 Å². The van der Waals surface area contributed by atoms with Gasteiger partial charge in [-0.05, 0) is 23.3 Å². The third kappa shape index (κ3) is 3.82. The van der Waals surface area contributed by atoms with Gasteiger partial charge in [-0.3, -0.25) is 9.59 Å². The van der Waals surface area contributed by atoms with E-state index >= 15 is 0 Å². The first-order chi connectivity index (χ1) is 10.8. The number of halogens is 3. The molecule has 0 fully saturated rings. The number of hydrogen-bond acceptors (Lipinski definition) is 4. The second kappa shape index (κ2) is 6.42. The fourth-order valence-corrected chi connectivity index (χ4v) is 1.94. The van der Waals surface area contributed by atoms with Gasteiger partial charge >= 0.3 is 6.18 Å². The standard InChI is InChI=1S/C14H11F3N4O2/c15-14(16,17)13-20-5-10(6-21-13)8-1-2-11(12(18)23)9(3-8)4-19-7-22/h1-3,5-7H,4H2,(H2,18,23)(H,19,22). The third-order valence-electron chi connectivity index (χ3n) is 2.99. The smallest absolute Gasteiger partial charge is 0.366 e. The molecule has 9 heteroatoms. The number of carbonyl (C=O) groups is 2. The molecule has 120 valence electrons. The Morgan fingerprint density at radius 3 is 2.39 bits per heavy atom. The number of benzene rings is 1. The largest absolute Gasteiger partial charge is 0.451 e. The van der Waals surface area contributed by atoms with Crippen LogP contribution in [0.2, 0.25) is 0 Å². The third-order valence-corrected chi connectivity index (χ3v) is 2.99. The highest BCUT2D eigenvalue weighted by Gasteiger charge is 2.34. The highest BCUT2D eigenvalue weighted by Crippen LogP contribution is 2.27. The van der Waals surface area contributed by atoms with E-state index in [2.05, 4.69) is 15.3 Å². The number of hydrogen-bond donors (Lipinski definition) is 2. The Hall–Kier alpha value is -2.97. The molecule has 6 nitrogen and oxygen atoms in total. The van der Waals surface area contributed by atoms with Crippen molar-refractivity contribution in [1.29, 1.82) is 0 Å². The molecule has 0 bridgehead atoms. The summed E-state index contributed by atoms with van der Waals surface area (Å²) in [6, 6.07) is 4.47. The fraction of sp³-hybridized carbons (Fsp3) is 0.143. The maximum atomic E-state index is 12.4. The molecule has 0 unspecified atom stereocenters. The maximum Gasteiger partial charge on any atom is 0.451 e. The summed E-state index contributed by atoms with van der Waals surface area (Å²) in [4.78, 5) is 28.3. The highest BCUT2D eigenvalue weighted by atomic mass is 19.4. The van der Waals surface area contributed by atoms with E-state index in [0.29, 0.717) is 23.1 Å². The van der Waals surface area contributed by atoms with Crippen molar-refractivity contribution in [2.24, 2.45) is 5.73 Å². The van der Waals surface area contributed by atoms with Crippen molar-refractivity contribution < 1.29 is 22.8 Å². The van der Waals surface area contributed by atoms with Crippen LogP contribution in [0, 0.1) is 0 Å². The Labute approximate surface area is 128 Å². The van der Waals surface area contributed by atoms with Gasteiger partial charge in [0, 0.05) is 30.1 Å². The lowest BCUT2D eigenvalue weighted by atomic mass is 10.00. The van der Waals surface area contributed by atoms with E-state index in [9.17, 15) is 22.8 Å². The predicted octanol–water partition coefficient (Wildman–Crippen LogP) is 1.51. The summed E-state index contributed by atoms with van der Waals surface area (Å²) in [5.74, 6) is -1.92. The summed E-state index contributed by atoms with van der Waals surface area (Å²) in [6.07, 6.45) is -2.09. The number of nitrogens with one attached hydrogen (secondary N) is 1. The van der Waals surface area contributed by atoms with Gasteiger partial charge in [-0.15, -0.1) is 0 Å². The van der Waals surface area contributed by atoms with Gasteiger partial charge in [-0.1, -0.05) is 6.07 Å². The van der Waals surface area contributed by atoms with Gasteiger partial charge in [0.05, 0.1) is 0 Å². The number of rotatable bonds is 5. The zero-order valence-electron chi connectivity index (χ0n) is 11.6. The highest BCUT2D eigenvalue weighted by molar-refractivity contribution is 5.95. The van der Waals surface area contributed by atoms with E-state index in [-0.39, 0.29) is 12.1 Å². The molecule has 0 aliphatic heterocycles. The zero-order valence-corrected chi connectivity index (χ0v) is 11.6. The summed E-state index contributed by atoms with van der Waals surface area (Å²) < 4.78 is 37.3. The predicted molar refractivity (Wildman–Crippen MR) is 73.9 cm³/mol. The van der Waals surface area contributed by atoms with Crippen molar-refractivity contribution in [2.45, 2.75) is 12.7 Å². The molecule has 0 spiro atoms. The molecule has 0 saturated heterocycles. The molecule has 2 amide bonds. The number of alkyl halides is 3. The van der Waals surface area contributed by atoms with E-state index in [1.807, 2.05) is 0 Å². The van der Waals surface area contributed by atoms with E-state index in [1.165, 1.54) is 18.2 Å². The molecule has 0 radical (unpaired) electrons. The van der Waals surface area contributed by atoms with Crippen molar-refractivity contribution in [1.82, 2.24) is 15.3 Å². The van der Waals surface area contributed by atoms with Gasteiger partial charge in [0.25, 0.3) is 0 Å². The summed E-state index contributed by atoms with van der Waals surface area (Å²) in [6.45, 7) is 0.0527. The van der Waals surface area contributed by atoms with Gasteiger partial charge in [0.15, 0.2) is 0 Å². The van der Waals surface area contributed by atoms with E-state index < -0.39 is 17.9 Å². The van der Waals surface area contributed by atoms with E-state index in [1.54, 1.807) is 0 Å². The monoisotopic (exact) mass is 324 g/mol. The molecular weight excluding hydrogens is 313 g/mol. The molecule has 0 saturated carbocycles. The summed E-state index contributed by atoms with van der Waals surface area (Å²) >= 11 is 0. The molecule has 2 rings (SSSR count). The van der Waals surface area contributed by atoms with Crippen molar-refractivity contribution >= 4 is 12.3 Å². The number of aromatic nitrogens is 2. The molecule has 1 aromatic heterocycles. The lowest BCUT2D eigenvalue weighted by Crippen LogP contribution is -2.18. The number of nitrogens with two attached hydrogens (primary N) is 1. The van der Waals surface area contributed by atoms with Crippen molar-refractivity contribution in [3.63, 3.8) is 0 Å². The summed E-state index contributed by atoms with van der Waals surface area (Å²) in [5.41, 5.74) is 6.70. The van der Waals surface area contributed by atoms with Crippen LogP contribution < -0.4 is 11.1 Å². The van der Waals surface area contributed by atoms with E-state index in [4.69, 9.17) is 5.73 Å². The Balaban J connectivity index is 2.39. The van der Waals surface area contributed by atoms with Gasteiger partial charge in [-0.25, -0.2) is 9.97 Å². The molecule has 0 aliphatic rings. The lowest BCUT2D eigenvalue weighted by molar-refractivity contribution is -0.145. The number of primary amides is 1. The average molecular weight is 324 g/mol. The minimum atomic E-state index is -4.62.